The fourth-order valence-electron chi connectivity index (χ4n) is 3.53. The first-order chi connectivity index (χ1) is 17.8. The maximum atomic E-state index is 12.3. The van der Waals surface area contributed by atoms with Crippen LogP contribution in [-0.2, 0) is 32.0 Å². The average molecular weight is 556 g/mol. The Morgan fingerprint density at radius 3 is 2.24 bits per heavy atom. The molecule has 37 heavy (non-hydrogen) atoms. The third-order valence-corrected chi connectivity index (χ3v) is 5.74. The van der Waals surface area contributed by atoms with Crippen molar-refractivity contribution in [3.05, 3.63) is 63.6 Å². The lowest BCUT2D eigenvalue weighted by atomic mass is 10.1. The van der Waals surface area contributed by atoms with Crippen molar-refractivity contribution in [2.75, 3.05) is 39.5 Å². The van der Waals surface area contributed by atoms with E-state index in [1.165, 1.54) is 0 Å². The minimum Gasteiger partial charge on any atom is -0.492 e. The summed E-state index contributed by atoms with van der Waals surface area (Å²) >= 11 is 12.0. The molecule has 0 aliphatic rings. The summed E-state index contributed by atoms with van der Waals surface area (Å²) in [7, 11) is 0. The van der Waals surface area contributed by atoms with Gasteiger partial charge in [0.15, 0.2) is 6.10 Å². The van der Waals surface area contributed by atoms with Crippen molar-refractivity contribution in [2.24, 2.45) is 0 Å². The van der Waals surface area contributed by atoms with Crippen LogP contribution in [0.25, 0.3) is 0 Å². The van der Waals surface area contributed by atoms with Gasteiger partial charge in [-0.1, -0.05) is 35.3 Å². The van der Waals surface area contributed by atoms with E-state index in [-0.39, 0.29) is 12.5 Å². The Kier molecular flexibility index (Phi) is 14.2. The standard InChI is InChI=1S/C27H35Cl2NO7/c1-3-35-25(26(31)32)17-20-7-9-24(10-8-20)37-14-12-30(27(33)36-4-2)11-5-6-13-34-19-21-15-22(28)18-23(29)16-21/h7-10,15-16,18,25H,3-6,11-14,17,19H2,1-2H3,(H,31,32). The van der Waals surface area contributed by atoms with Gasteiger partial charge < -0.3 is 29.0 Å². The lowest BCUT2D eigenvalue weighted by Crippen LogP contribution is -2.36. The van der Waals surface area contributed by atoms with Crippen LogP contribution in [-0.4, -0.2) is 67.7 Å². The molecule has 1 unspecified atom stereocenters. The van der Waals surface area contributed by atoms with Gasteiger partial charge in [-0.3, -0.25) is 0 Å². The van der Waals surface area contributed by atoms with Crippen LogP contribution >= 0.6 is 23.2 Å². The highest BCUT2D eigenvalue weighted by atomic mass is 35.5. The van der Waals surface area contributed by atoms with Crippen molar-refractivity contribution in [1.29, 1.82) is 0 Å². The van der Waals surface area contributed by atoms with E-state index in [0.717, 1.165) is 24.0 Å². The van der Waals surface area contributed by atoms with Gasteiger partial charge in [0.2, 0.25) is 0 Å². The molecule has 0 aliphatic carbocycles. The number of carboxylic acids is 1. The quantitative estimate of drug-likeness (QED) is 0.244. The van der Waals surface area contributed by atoms with E-state index in [0.29, 0.717) is 61.9 Å². The molecule has 0 fully saturated rings. The van der Waals surface area contributed by atoms with E-state index in [1.54, 1.807) is 36.9 Å². The molecule has 2 aromatic rings. The lowest BCUT2D eigenvalue weighted by molar-refractivity contribution is -0.149. The highest BCUT2D eigenvalue weighted by Crippen LogP contribution is 2.19. The van der Waals surface area contributed by atoms with E-state index in [1.807, 2.05) is 24.3 Å². The summed E-state index contributed by atoms with van der Waals surface area (Å²) in [6.07, 6.45) is 0.526. The summed E-state index contributed by atoms with van der Waals surface area (Å²) in [5.74, 6) is -0.357. The molecule has 0 aromatic heterocycles. The van der Waals surface area contributed by atoms with Crippen LogP contribution in [0.3, 0.4) is 0 Å². The Bertz CT molecular complexity index is 951. The number of benzene rings is 2. The molecule has 1 atom stereocenters. The van der Waals surface area contributed by atoms with Gasteiger partial charge in [0.1, 0.15) is 12.4 Å². The second-order valence-electron chi connectivity index (χ2n) is 8.20. The summed E-state index contributed by atoms with van der Waals surface area (Å²) in [5, 5.41) is 10.4. The normalized spacial score (nSPS) is 11.7. The third kappa shape index (κ3) is 12.0. The molecule has 10 heteroatoms. The smallest absolute Gasteiger partial charge is 0.409 e. The van der Waals surface area contributed by atoms with Gasteiger partial charge in [0.25, 0.3) is 0 Å². The van der Waals surface area contributed by atoms with Crippen LogP contribution in [0.5, 0.6) is 5.75 Å². The second-order valence-corrected chi connectivity index (χ2v) is 9.07. The van der Waals surface area contributed by atoms with Crippen LogP contribution in [0.1, 0.15) is 37.8 Å². The highest BCUT2D eigenvalue weighted by molar-refractivity contribution is 6.34. The molecule has 8 nitrogen and oxygen atoms in total. The van der Waals surface area contributed by atoms with Crippen molar-refractivity contribution in [3.63, 3.8) is 0 Å². The van der Waals surface area contributed by atoms with Crippen LogP contribution in [0.2, 0.25) is 10.0 Å². The highest BCUT2D eigenvalue weighted by Gasteiger charge is 2.18. The molecule has 1 amide bonds. The molecule has 0 radical (unpaired) electrons. The lowest BCUT2D eigenvalue weighted by Gasteiger charge is -2.22. The van der Waals surface area contributed by atoms with Crippen LogP contribution < -0.4 is 4.74 Å². The van der Waals surface area contributed by atoms with Crippen molar-refractivity contribution in [2.45, 2.75) is 45.8 Å². The summed E-state index contributed by atoms with van der Waals surface area (Å²) in [6.45, 7) is 6.29. The monoisotopic (exact) mass is 555 g/mol. The van der Waals surface area contributed by atoms with Gasteiger partial charge in [-0.2, -0.15) is 0 Å². The first-order valence-electron chi connectivity index (χ1n) is 12.3. The number of nitrogens with zero attached hydrogens (tertiary/aromatic N) is 1. The largest absolute Gasteiger partial charge is 0.492 e. The number of halogens is 2. The molecule has 0 saturated carbocycles. The predicted octanol–water partition coefficient (Wildman–Crippen LogP) is 5.86. The molecule has 0 spiro atoms. The molecule has 204 valence electrons. The Morgan fingerprint density at radius 2 is 1.62 bits per heavy atom. The number of rotatable bonds is 17. The summed E-state index contributed by atoms with van der Waals surface area (Å²) in [6, 6.07) is 12.5. The minimum atomic E-state index is -0.987. The second kappa shape index (κ2) is 17.1. The zero-order chi connectivity index (χ0) is 27.0. The number of hydrogen-bond donors (Lipinski definition) is 1. The molecule has 0 aliphatic heterocycles. The van der Waals surface area contributed by atoms with Crippen molar-refractivity contribution in [3.8, 4) is 5.75 Å². The fourth-order valence-corrected chi connectivity index (χ4v) is 4.10. The molecular formula is C27H35Cl2NO7. The molecule has 1 N–H and O–H groups in total. The minimum absolute atomic E-state index is 0.274. The number of amides is 1. The average Bonchev–Trinajstić information content (AvgIpc) is 2.85. The molecular weight excluding hydrogens is 521 g/mol. The first-order valence-corrected chi connectivity index (χ1v) is 13.1. The van der Waals surface area contributed by atoms with Gasteiger partial charge >= 0.3 is 12.1 Å². The number of unbranched alkanes of at least 4 members (excludes halogenated alkanes) is 1. The van der Waals surface area contributed by atoms with E-state index in [9.17, 15) is 14.7 Å². The molecule has 2 rings (SSSR count). The van der Waals surface area contributed by atoms with Crippen molar-refractivity contribution < 1.29 is 33.6 Å². The van der Waals surface area contributed by atoms with Gasteiger partial charge in [-0.05, 0) is 68.1 Å². The Morgan fingerprint density at radius 1 is 0.919 bits per heavy atom. The van der Waals surface area contributed by atoms with Gasteiger partial charge in [-0.25, -0.2) is 9.59 Å². The van der Waals surface area contributed by atoms with Crippen LogP contribution in [0.15, 0.2) is 42.5 Å². The summed E-state index contributed by atoms with van der Waals surface area (Å²) in [4.78, 5) is 25.2. The number of hydrogen-bond acceptors (Lipinski definition) is 6. The number of carbonyl (C=O) groups excluding carboxylic acids is 1. The molecule has 2 aromatic carbocycles. The fraction of sp³-hybridized carbons (Fsp3) is 0.481. The van der Waals surface area contributed by atoms with Crippen molar-refractivity contribution >= 4 is 35.3 Å². The van der Waals surface area contributed by atoms with E-state index < -0.39 is 12.1 Å². The van der Waals surface area contributed by atoms with Crippen LogP contribution in [0, 0.1) is 0 Å². The summed E-state index contributed by atoms with van der Waals surface area (Å²) < 4.78 is 21.9. The topological polar surface area (TPSA) is 94.5 Å². The molecule has 0 bridgehead atoms. The Labute approximate surface area is 228 Å². The number of ether oxygens (including phenoxy) is 4. The van der Waals surface area contributed by atoms with Gasteiger partial charge in [0, 0.05) is 36.2 Å². The van der Waals surface area contributed by atoms with E-state index >= 15 is 0 Å². The molecule has 0 saturated heterocycles. The summed E-state index contributed by atoms with van der Waals surface area (Å²) in [5.41, 5.74) is 1.74. The first kappa shape index (κ1) is 30.7. The Balaban J connectivity index is 1.74. The van der Waals surface area contributed by atoms with Crippen molar-refractivity contribution in [1.82, 2.24) is 4.90 Å². The number of aliphatic carboxylic acids is 1. The van der Waals surface area contributed by atoms with E-state index in [4.69, 9.17) is 42.1 Å². The SMILES string of the molecule is CCOC(=O)N(CCCCOCc1cc(Cl)cc(Cl)c1)CCOc1ccc(CC(OCC)C(=O)O)cc1. The third-order valence-electron chi connectivity index (χ3n) is 5.30. The molecule has 0 heterocycles. The predicted molar refractivity (Wildman–Crippen MR) is 143 cm³/mol. The zero-order valence-electron chi connectivity index (χ0n) is 21.3. The zero-order valence-corrected chi connectivity index (χ0v) is 22.8. The van der Waals surface area contributed by atoms with Crippen LogP contribution in [0.4, 0.5) is 4.79 Å². The number of carbonyl (C=O) groups is 2. The van der Waals surface area contributed by atoms with Gasteiger partial charge in [0.05, 0.1) is 19.8 Å². The van der Waals surface area contributed by atoms with Gasteiger partial charge in [-0.15, -0.1) is 0 Å². The number of carboxylic acid groups (broad SMARTS) is 1. The van der Waals surface area contributed by atoms with E-state index in [2.05, 4.69) is 0 Å². The maximum Gasteiger partial charge on any atom is 0.409 e. The maximum absolute atomic E-state index is 12.3. The Hall–Kier alpha value is -2.52.